The van der Waals surface area contributed by atoms with Gasteiger partial charge in [0.05, 0.1) is 5.69 Å². The molecule has 3 rings (SSSR count). The number of thiophene rings is 1. The molecule has 0 saturated heterocycles. The van der Waals surface area contributed by atoms with Gasteiger partial charge in [-0.15, -0.1) is 11.3 Å². The number of benzene rings is 2. The normalized spacial score (nSPS) is 11.2. The average Bonchev–Trinajstić information content (AvgIpc) is 3.35. The number of anilines is 2. The van der Waals surface area contributed by atoms with Crippen LogP contribution in [0.15, 0.2) is 70.3 Å². The van der Waals surface area contributed by atoms with E-state index in [0.717, 1.165) is 24.3 Å². The molecule has 1 N–H and O–H groups in total. The van der Waals surface area contributed by atoms with Crippen LogP contribution < -0.4 is 14.5 Å². The van der Waals surface area contributed by atoms with Crippen molar-refractivity contribution in [2.24, 2.45) is 0 Å². The molecule has 3 aromatic rings. The molecule has 8 heteroatoms. The summed E-state index contributed by atoms with van der Waals surface area (Å²) in [4.78, 5) is 14.8. The first kappa shape index (κ1) is 22.8. The Bertz CT molecular complexity index is 1090. The van der Waals surface area contributed by atoms with E-state index in [-0.39, 0.29) is 10.1 Å². The fraction of sp³-hybridized carbons (Fsp3) is 0.261. The molecule has 0 bridgehead atoms. The van der Waals surface area contributed by atoms with E-state index >= 15 is 0 Å². The maximum absolute atomic E-state index is 12.6. The van der Waals surface area contributed by atoms with Gasteiger partial charge in [0.2, 0.25) is 0 Å². The molecule has 0 aliphatic carbocycles. The minimum absolute atomic E-state index is 0.205. The lowest BCUT2D eigenvalue weighted by molar-refractivity contribution is 0.0951. The van der Waals surface area contributed by atoms with Crippen LogP contribution in [0.2, 0.25) is 0 Å². The third-order valence-corrected chi connectivity index (χ3v) is 8.28. The van der Waals surface area contributed by atoms with Crippen molar-refractivity contribution in [3.63, 3.8) is 0 Å². The molecule has 0 spiro atoms. The molecule has 0 radical (unpaired) electrons. The molecule has 1 heterocycles. The molecular formula is C23H27N3O3S2. The SMILES string of the molecule is CCN(CC)c1ccc(CNC(=O)c2ccc(N(C)S(=O)(=O)c3cccs3)cc2)cc1. The van der Waals surface area contributed by atoms with Crippen molar-refractivity contribution in [1.29, 1.82) is 0 Å². The Hall–Kier alpha value is -2.84. The van der Waals surface area contributed by atoms with E-state index in [1.807, 2.05) is 12.1 Å². The van der Waals surface area contributed by atoms with Crippen LogP contribution in [0.5, 0.6) is 0 Å². The summed E-state index contributed by atoms with van der Waals surface area (Å²) in [5.74, 6) is -0.205. The molecule has 0 aliphatic heterocycles. The van der Waals surface area contributed by atoms with E-state index < -0.39 is 10.0 Å². The Morgan fingerprint density at radius 3 is 2.10 bits per heavy atom. The van der Waals surface area contributed by atoms with Crippen LogP contribution in [-0.4, -0.2) is 34.5 Å². The lowest BCUT2D eigenvalue weighted by Gasteiger charge is -2.21. The predicted octanol–water partition coefficient (Wildman–Crippen LogP) is 4.35. The molecule has 0 atom stereocenters. The molecule has 0 unspecified atom stereocenters. The van der Waals surface area contributed by atoms with E-state index in [1.54, 1.807) is 41.8 Å². The number of amides is 1. The van der Waals surface area contributed by atoms with Gasteiger partial charge in [0, 0.05) is 37.9 Å². The first-order valence-corrected chi connectivity index (χ1v) is 12.4. The standard InChI is InChI=1S/C23H27N3O3S2/c1-4-26(5-2)21-12-8-18(9-13-21)17-24-23(27)19-10-14-20(15-11-19)25(3)31(28,29)22-7-6-16-30-22/h6-16H,4-5,17H2,1-3H3,(H,24,27). The summed E-state index contributed by atoms with van der Waals surface area (Å²) < 4.78 is 26.8. The zero-order valence-corrected chi connectivity index (χ0v) is 19.5. The summed E-state index contributed by atoms with van der Waals surface area (Å²) in [7, 11) is -2.09. The Morgan fingerprint density at radius 2 is 1.55 bits per heavy atom. The lowest BCUT2D eigenvalue weighted by atomic mass is 10.1. The number of nitrogens with zero attached hydrogens (tertiary/aromatic N) is 2. The summed E-state index contributed by atoms with van der Waals surface area (Å²) in [5.41, 5.74) is 3.15. The van der Waals surface area contributed by atoms with Crippen molar-refractivity contribution in [3.05, 3.63) is 77.2 Å². The van der Waals surface area contributed by atoms with Gasteiger partial charge < -0.3 is 10.2 Å². The summed E-state index contributed by atoms with van der Waals surface area (Å²) in [6.07, 6.45) is 0. The highest BCUT2D eigenvalue weighted by Gasteiger charge is 2.22. The van der Waals surface area contributed by atoms with Gasteiger partial charge in [0.25, 0.3) is 15.9 Å². The second-order valence-electron chi connectivity index (χ2n) is 6.97. The van der Waals surface area contributed by atoms with Crippen LogP contribution in [0.4, 0.5) is 11.4 Å². The highest BCUT2D eigenvalue weighted by Crippen LogP contribution is 2.25. The monoisotopic (exact) mass is 457 g/mol. The van der Waals surface area contributed by atoms with Crippen molar-refractivity contribution in [3.8, 4) is 0 Å². The fourth-order valence-corrected chi connectivity index (χ4v) is 5.56. The third kappa shape index (κ3) is 5.26. The Morgan fingerprint density at radius 1 is 0.935 bits per heavy atom. The number of hydrogen-bond donors (Lipinski definition) is 1. The van der Waals surface area contributed by atoms with E-state index in [1.165, 1.54) is 22.7 Å². The van der Waals surface area contributed by atoms with Crippen LogP contribution in [0, 0.1) is 0 Å². The van der Waals surface area contributed by atoms with Crippen molar-refractivity contribution in [2.45, 2.75) is 24.6 Å². The second kappa shape index (κ2) is 9.98. The first-order chi connectivity index (χ1) is 14.9. The fourth-order valence-electron chi connectivity index (χ4n) is 3.20. The van der Waals surface area contributed by atoms with Gasteiger partial charge in [0.1, 0.15) is 4.21 Å². The molecule has 1 amide bonds. The van der Waals surface area contributed by atoms with Crippen LogP contribution >= 0.6 is 11.3 Å². The van der Waals surface area contributed by atoms with Crippen LogP contribution in [-0.2, 0) is 16.6 Å². The van der Waals surface area contributed by atoms with Gasteiger partial charge in [-0.05, 0) is 67.3 Å². The first-order valence-electron chi connectivity index (χ1n) is 10.1. The number of carbonyl (C=O) groups excluding carboxylic acids is 1. The number of rotatable bonds is 9. The van der Waals surface area contributed by atoms with E-state index in [0.29, 0.717) is 17.8 Å². The summed E-state index contributed by atoms with van der Waals surface area (Å²) in [5, 5.41) is 4.64. The maximum Gasteiger partial charge on any atom is 0.273 e. The smallest absolute Gasteiger partial charge is 0.273 e. The third-order valence-electron chi connectivity index (χ3n) is 5.12. The summed E-state index contributed by atoms with van der Waals surface area (Å²) in [6.45, 7) is 6.57. The Labute approximate surface area is 188 Å². The molecule has 0 saturated carbocycles. The van der Waals surface area contributed by atoms with Gasteiger partial charge in [0.15, 0.2) is 0 Å². The highest BCUT2D eigenvalue weighted by molar-refractivity contribution is 7.94. The van der Waals surface area contributed by atoms with Crippen LogP contribution in [0.25, 0.3) is 0 Å². The molecule has 6 nitrogen and oxygen atoms in total. The Balaban J connectivity index is 1.62. The predicted molar refractivity (Wildman–Crippen MR) is 128 cm³/mol. The van der Waals surface area contributed by atoms with Crippen molar-refractivity contribution in [1.82, 2.24) is 5.32 Å². The number of sulfonamides is 1. The summed E-state index contributed by atoms with van der Waals surface area (Å²) >= 11 is 1.17. The number of hydrogen-bond acceptors (Lipinski definition) is 5. The van der Waals surface area contributed by atoms with Gasteiger partial charge in [-0.25, -0.2) is 8.42 Å². The van der Waals surface area contributed by atoms with Gasteiger partial charge in [-0.3, -0.25) is 9.10 Å². The van der Waals surface area contributed by atoms with Gasteiger partial charge in [-0.2, -0.15) is 0 Å². The summed E-state index contributed by atoms with van der Waals surface area (Å²) in [6, 6.07) is 18.0. The zero-order chi connectivity index (χ0) is 22.4. The number of nitrogens with one attached hydrogen (secondary N) is 1. The van der Waals surface area contributed by atoms with Gasteiger partial charge in [-0.1, -0.05) is 18.2 Å². The average molecular weight is 458 g/mol. The number of carbonyl (C=O) groups is 1. The van der Waals surface area contributed by atoms with Crippen LogP contribution in [0.3, 0.4) is 0 Å². The molecule has 164 valence electrons. The molecule has 2 aromatic carbocycles. The lowest BCUT2D eigenvalue weighted by Crippen LogP contribution is -2.26. The maximum atomic E-state index is 12.6. The minimum atomic E-state index is -3.59. The van der Waals surface area contributed by atoms with Gasteiger partial charge >= 0.3 is 0 Å². The molecule has 0 fully saturated rings. The van der Waals surface area contributed by atoms with Crippen molar-refractivity contribution >= 4 is 38.6 Å². The van der Waals surface area contributed by atoms with E-state index in [4.69, 9.17) is 0 Å². The quantitative estimate of drug-likeness (QED) is 0.519. The molecule has 0 aliphatic rings. The minimum Gasteiger partial charge on any atom is -0.372 e. The highest BCUT2D eigenvalue weighted by atomic mass is 32.2. The van der Waals surface area contributed by atoms with E-state index in [2.05, 4.69) is 36.2 Å². The Kier molecular flexibility index (Phi) is 7.35. The molecular weight excluding hydrogens is 430 g/mol. The van der Waals surface area contributed by atoms with E-state index in [9.17, 15) is 13.2 Å². The molecule has 1 aromatic heterocycles. The van der Waals surface area contributed by atoms with Crippen molar-refractivity contribution < 1.29 is 13.2 Å². The molecule has 31 heavy (non-hydrogen) atoms. The van der Waals surface area contributed by atoms with Crippen LogP contribution in [0.1, 0.15) is 29.8 Å². The zero-order valence-electron chi connectivity index (χ0n) is 17.9. The van der Waals surface area contributed by atoms with Crippen molar-refractivity contribution in [2.75, 3.05) is 29.3 Å². The second-order valence-corrected chi connectivity index (χ2v) is 10.1. The largest absolute Gasteiger partial charge is 0.372 e. The topological polar surface area (TPSA) is 69.7 Å².